The molecule has 1 aromatic rings. The molecular weight excluding hydrogens is 232 g/mol. The Hall–Kier alpha value is -1.47. The second-order valence-corrected chi connectivity index (χ2v) is 5.03. The summed E-state index contributed by atoms with van der Waals surface area (Å²) in [7, 11) is -3.80. The fourth-order valence-corrected chi connectivity index (χ4v) is 2.28. The number of rotatable bonds is 5. The number of carbonyl (C=O) groups is 1. The summed E-state index contributed by atoms with van der Waals surface area (Å²) in [4.78, 5) is 14.1. The van der Waals surface area contributed by atoms with Crippen molar-refractivity contribution in [3.8, 4) is 0 Å². The molecular formula is C9H12N2O4S. The first kappa shape index (κ1) is 12.6. The van der Waals surface area contributed by atoms with Gasteiger partial charge in [-0.15, -0.1) is 0 Å². The highest BCUT2D eigenvalue weighted by molar-refractivity contribution is 7.90. The Morgan fingerprint density at radius 1 is 1.50 bits per heavy atom. The van der Waals surface area contributed by atoms with Crippen LogP contribution in [0.4, 0.5) is 0 Å². The van der Waals surface area contributed by atoms with Crippen molar-refractivity contribution < 1.29 is 18.3 Å². The molecule has 0 aliphatic heterocycles. The Morgan fingerprint density at radius 3 is 2.56 bits per heavy atom. The average Bonchev–Trinajstić information content (AvgIpc) is 2.16. The first-order valence-corrected chi connectivity index (χ1v) is 6.17. The SMILES string of the molecule is CC(NS(=O)(=O)CC(=O)O)c1ccncc1. The number of hydrogen-bond acceptors (Lipinski definition) is 4. The standard InChI is InChI=1S/C9H12N2O4S/c1-7(8-2-4-10-5-3-8)11-16(14,15)6-9(12)13/h2-5,7,11H,6H2,1H3,(H,12,13). The summed E-state index contributed by atoms with van der Waals surface area (Å²) in [6.45, 7) is 1.63. The summed E-state index contributed by atoms with van der Waals surface area (Å²) in [5.41, 5.74) is 0.726. The minimum atomic E-state index is -3.80. The second-order valence-electron chi connectivity index (χ2n) is 3.27. The van der Waals surface area contributed by atoms with Gasteiger partial charge in [0.1, 0.15) is 0 Å². The van der Waals surface area contributed by atoms with Gasteiger partial charge in [0.2, 0.25) is 10.0 Å². The number of aromatic nitrogens is 1. The minimum absolute atomic E-state index is 0.479. The summed E-state index contributed by atoms with van der Waals surface area (Å²) in [5.74, 6) is -2.31. The molecule has 1 atom stereocenters. The van der Waals surface area contributed by atoms with Crippen LogP contribution in [-0.2, 0) is 14.8 Å². The number of sulfonamides is 1. The highest BCUT2D eigenvalue weighted by Gasteiger charge is 2.18. The molecule has 0 fully saturated rings. The van der Waals surface area contributed by atoms with Crippen molar-refractivity contribution in [3.63, 3.8) is 0 Å². The summed E-state index contributed by atoms with van der Waals surface area (Å²) in [6, 6.07) is 2.84. The van der Waals surface area contributed by atoms with Gasteiger partial charge in [0.25, 0.3) is 0 Å². The van der Waals surface area contributed by atoms with E-state index in [0.717, 1.165) is 5.56 Å². The molecule has 0 amide bonds. The number of nitrogens with zero attached hydrogens (tertiary/aromatic N) is 1. The van der Waals surface area contributed by atoms with E-state index in [0.29, 0.717) is 0 Å². The van der Waals surface area contributed by atoms with Crippen LogP contribution in [0.2, 0.25) is 0 Å². The highest BCUT2D eigenvalue weighted by Crippen LogP contribution is 2.11. The molecule has 0 bridgehead atoms. The third-order valence-electron chi connectivity index (χ3n) is 1.88. The molecule has 0 aromatic carbocycles. The van der Waals surface area contributed by atoms with E-state index in [1.807, 2.05) is 0 Å². The number of carboxylic acid groups (broad SMARTS) is 1. The molecule has 0 spiro atoms. The highest BCUT2D eigenvalue weighted by atomic mass is 32.2. The van der Waals surface area contributed by atoms with Gasteiger partial charge in [0.05, 0.1) is 0 Å². The summed E-state index contributed by atoms with van der Waals surface area (Å²) in [5, 5.41) is 8.40. The monoisotopic (exact) mass is 244 g/mol. The third kappa shape index (κ3) is 3.95. The van der Waals surface area contributed by atoms with Gasteiger partial charge >= 0.3 is 5.97 Å². The zero-order valence-corrected chi connectivity index (χ0v) is 9.44. The lowest BCUT2D eigenvalue weighted by atomic mass is 10.1. The quantitative estimate of drug-likeness (QED) is 0.768. The van der Waals surface area contributed by atoms with Crippen LogP contribution in [0, 0.1) is 0 Å². The summed E-state index contributed by atoms with van der Waals surface area (Å²) in [6.07, 6.45) is 3.08. The van der Waals surface area contributed by atoms with Crippen molar-refractivity contribution >= 4 is 16.0 Å². The Bertz CT molecular complexity index is 458. The van der Waals surface area contributed by atoms with E-state index >= 15 is 0 Å². The zero-order valence-electron chi connectivity index (χ0n) is 8.62. The van der Waals surface area contributed by atoms with Gasteiger partial charge in [-0.05, 0) is 24.6 Å². The van der Waals surface area contributed by atoms with Crippen LogP contribution in [0.5, 0.6) is 0 Å². The Labute approximate surface area is 93.4 Å². The molecule has 1 unspecified atom stereocenters. The van der Waals surface area contributed by atoms with Gasteiger partial charge in [-0.3, -0.25) is 9.78 Å². The molecule has 0 saturated carbocycles. The largest absolute Gasteiger partial charge is 0.480 e. The Morgan fingerprint density at radius 2 is 2.06 bits per heavy atom. The number of pyridine rings is 1. The number of nitrogens with one attached hydrogen (secondary N) is 1. The first-order valence-electron chi connectivity index (χ1n) is 4.52. The van der Waals surface area contributed by atoms with Gasteiger partial charge in [-0.2, -0.15) is 0 Å². The van der Waals surface area contributed by atoms with Crippen LogP contribution in [-0.4, -0.2) is 30.2 Å². The smallest absolute Gasteiger partial charge is 0.320 e. The molecule has 2 N–H and O–H groups in total. The predicted octanol–water partition coefficient (Wildman–Crippen LogP) is 0.147. The molecule has 0 radical (unpaired) electrons. The van der Waals surface area contributed by atoms with Crippen molar-refractivity contribution in [1.82, 2.24) is 9.71 Å². The van der Waals surface area contributed by atoms with Crippen molar-refractivity contribution in [2.75, 3.05) is 5.75 Å². The summed E-state index contributed by atoms with van der Waals surface area (Å²) < 4.78 is 24.9. The normalized spacial score (nSPS) is 13.3. The average molecular weight is 244 g/mol. The molecule has 0 saturated heterocycles. The van der Waals surface area contributed by atoms with Gasteiger partial charge in [-0.25, -0.2) is 13.1 Å². The number of carboxylic acids is 1. The van der Waals surface area contributed by atoms with E-state index in [1.54, 1.807) is 19.1 Å². The van der Waals surface area contributed by atoms with Gasteiger partial charge < -0.3 is 5.11 Å². The number of aliphatic carboxylic acids is 1. The van der Waals surface area contributed by atoms with Crippen LogP contribution in [0.1, 0.15) is 18.5 Å². The molecule has 7 heteroatoms. The van der Waals surface area contributed by atoms with E-state index in [-0.39, 0.29) is 0 Å². The second kappa shape index (κ2) is 5.04. The van der Waals surface area contributed by atoms with Crippen molar-refractivity contribution in [3.05, 3.63) is 30.1 Å². The van der Waals surface area contributed by atoms with Crippen molar-refractivity contribution in [2.45, 2.75) is 13.0 Å². The van der Waals surface area contributed by atoms with E-state index in [4.69, 9.17) is 5.11 Å². The predicted molar refractivity (Wildman–Crippen MR) is 57.2 cm³/mol. The maximum Gasteiger partial charge on any atom is 0.320 e. The summed E-state index contributed by atoms with van der Waals surface area (Å²) >= 11 is 0. The fourth-order valence-electron chi connectivity index (χ4n) is 1.19. The van der Waals surface area contributed by atoms with E-state index in [1.165, 1.54) is 12.4 Å². The zero-order chi connectivity index (χ0) is 12.2. The van der Waals surface area contributed by atoms with E-state index in [9.17, 15) is 13.2 Å². The molecule has 1 rings (SSSR count). The van der Waals surface area contributed by atoms with Crippen molar-refractivity contribution in [1.29, 1.82) is 0 Å². The van der Waals surface area contributed by atoms with Crippen LogP contribution in [0.3, 0.4) is 0 Å². The van der Waals surface area contributed by atoms with E-state index < -0.39 is 27.8 Å². The topological polar surface area (TPSA) is 96.4 Å². The van der Waals surface area contributed by atoms with Crippen LogP contribution >= 0.6 is 0 Å². The third-order valence-corrected chi connectivity index (χ3v) is 3.22. The van der Waals surface area contributed by atoms with Crippen LogP contribution < -0.4 is 4.72 Å². The molecule has 1 aromatic heterocycles. The van der Waals surface area contributed by atoms with E-state index in [2.05, 4.69) is 9.71 Å². The lowest BCUT2D eigenvalue weighted by Crippen LogP contribution is -2.32. The lowest BCUT2D eigenvalue weighted by Gasteiger charge is -2.13. The fraction of sp³-hybridized carbons (Fsp3) is 0.333. The maximum absolute atomic E-state index is 11.3. The molecule has 1 heterocycles. The molecule has 16 heavy (non-hydrogen) atoms. The first-order chi connectivity index (χ1) is 7.41. The maximum atomic E-state index is 11.3. The van der Waals surface area contributed by atoms with Crippen LogP contribution in [0.25, 0.3) is 0 Å². The Balaban J connectivity index is 2.72. The van der Waals surface area contributed by atoms with Crippen molar-refractivity contribution in [2.24, 2.45) is 0 Å². The number of hydrogen-bond donors (Lipinski definition) is 2. The minimum Gasteiger partial charge on any atom is -0.480 e. The van der Waals surface area contributed by atoms with Crippen LogP contribution in [0.15, 0.2) is 24.5 Å². The molecule has 88 valence electrons. The van der Waals surface area contributed by atoms with Gasteiger partial charge in [0.15, 0.2) is 5.75 Å². The lowest BCUT2D eigenvalue weighted by molar-refractivity contribution is -0.134. The Kier molecular flexibility index (Phi) is 3.97. The van der Waals surface area contributed by atoms with Gasteiger partial charge in [0, 0.05) is 18.4 Å². The molecule has 0 aliphatic carbocycles. The van der Waals surface area contributed by atoms with Gasteiger partial charge in [-0.1, -0.05) is 0 Å². The molecule has 0 aliphatic rings. The molecule has 6 nitrogen and oxygen atoms in total.